The van der Waals surface area contributed by atoms with Crippen molar-refractivity contribution in [1.29, 1.82) is 0 Å². The third-order valence-electron chi connectivity index (χ3n) is 6.40. The number of carbonyl (C=O) groups excluding carboxylic acids is 1. The van der Waals surface area contributed by atoms with Crippen molar-refractivity contribution in [2.75, 3.05) is 5.75 Å². The SMILES string of the molecule is Cc1ccc2nc(SCC(=O)N3N=C4/C(=C/c5cccs5)CCC[C@@H]4[C@H]3c3cccs3)[nH]c2c1. The summed E-state index contributed by atoms with van der Waals surface area (Å²) in [5.41, 5.74) is 5.48. The van der Waals surface area contributed by atoms with Gasteiger partial charge in [-0.1, -0.05) is 30.0 Å². The highest BCUT2D eigenvalue weighted by Crippen LogP contribution is 2.46. The molecule has 172 valence electrons. The molecule has 2 aliphatic rings. The maximum atomic E-state index is 13.5. The van der Waals surface area contributed by atoms with Gasteiger partial charge in [-0.25, -0.2) is 9.99 Å². The molecule has 1 aromatic carbocycles. The average Bonchev–Trinajstić information content (AvgIpc) is 3.63. The number of imidazole rings is 1. The standard InChI is InChI=1S/C26H24N4OS3/c1-16-9-10-20-21(13-16)28-26(27-20)34-15-23(31)30-25(22-8-4-12-33-22)19-7-2-5-17(24(19)29-30)14-18-6-3-11-32-18/h3-4,6,8-14,19,25H,2,5,7,15H2,1H3,(H,27,28)/b17-14+/t19-,25-/m0/s1. The lowest BCUT2D eigenvalue weighted by Gasteiger charge is -2.28. The van der Waals surface area contributed by atoms with Crippen molar-refractivity contribution in [2.24, 2.45) is 11.0 Å². The van der Waals surface area contributed by atoms with Gasteiger partial charge in [0, 0.05) is 15.7 Å². The molecule has 0 spiro atoms. The third-order valence-corrected chi connectivity index (χ3v) is 9.02. The number of benzene rings is 1. The molecule has 34 heavy (non-hydrogen) atoms. The van der Waals surface area contributed by atoms with Crippen molar-refractivity contribution >= 4 is 63.2 Å². The predicted molar refractivity (Wildman–Crippen MR) is 143 cm³/mol. The number of aryl methyl sites for hydroxylation is 1. The Balaban J connectivity index is 1.27. The first-order chi connectivity index (χ1) is 16.7. The minimum absolute atomic E-state index is 0.0199. The molecule has 1 aliphatic heterocycles. The van der Waals surface area contributed by atoms with Gasteiger partial charge in [0.15, 0.2) is 5.16 Å². The van der Waals surface area contributed by atoms with Crippen molar-refractivity contribution in [1.82, 2.24) is 15.0 Å². The van der Waals surface area contributed by atoms with Crippen LogP contribution in [0.4, 0.5) is 0 Å². The summed E-state index contributed by atoms with van der Waals surface area (Å²) in [6, 6.07) is 14.6. The highest BCUT2D eigenvalue weighted by Gasteiger charge is 2.44. The number of allylic oxidation sites excluding steroid dienone is 1. The van der Waals surface area contributed by atoms with Crippen molar-refractivity contribution in [2.45, 2.75) is 37.4 Å². The minimum Gasteiger partial charge on any atom is -0.333 e. The second-order valence-electron chi connectivity index (χ2n) is 8.72. The molecule has 5 nitrogen and oxygen atoms in total. The van der Waals surface area contributed by atoms with Crippen LogP contribution in [0.2, 0.25) is 0 Å². The zero-order valence-electron chi connectivity index (χ0n) is 18.7. The molecule has 0 unspecified atom stereocenters. The Bertz CT molecular complexity index is 1380. The first-order valence-electron chi connectivity index (χ1n) is 11.4. The molecule has 6 rings (SSSR count). The van der Waals surface area contributed by atoms with Gasteiger partial charge in [-0.15, -0.1) is 22.7 Å². The fourth-order valence-electron chi connectivity index (χ4n) is 4.85. The molecule has 3 aromatic heterocycles. The molecule has 1 saturated carbocycles. The van der Waals surface area contributed by atoms with E-state index in [9.17, 15) is 4.79 Å². The largest absolute Gasteiger partial charge is 0.333 e. The molecule has 8 heteroatoms. The number of thiophene rings is 2. The van der Waals surface area contributed by atoms with E-state index in [1.165, 1.54) is 32.7 Å². The first kappa shape index (κ1) is 21.8. The summed E-state index contributed by atoms with van der Waals surface area (Å²) in [5.74, 6) is 0.577. The van der Waals surface area contributed by atoms with Crippen LogP contribution in [0.15, 0.2) is 69.1 Å². The van der Waals surface area contributed by atoms with E-state index in [2.05, 4.69) is 70.1 Å². The van der Waals surface area contributed by atoms with Crippen LogP contribution >= 0.6 is 34.4 Å². The molecule has 4 heterocycles. The minimum atomic E-state index is -0.0199. The summed E-state index contributed by atoms with van der Waals surface area (Å²) in [6.07, 6.45) is 5.46. The highest BCUT2D eigenvalue weighted by molar-refractivity contribution is 7.99. The quantitative estimate of drug-likeness (QED) is 0.300. The fraction of sp³-hybridized carbons (Fsp3) is 0.269. The van der Waals surface area contributed by atoms with Gasteiger partial charge in [-0.2, -0.15) is 5.10 Å². The van der Waals surface area contributed by atoms with E-state index in [1.54, 1.807) is 27.7 Å². The topological polar surface area (TPSA) is 61.4 Å². The normalized spacial score (nSPS) is 21.3. The molecule has 1 aliphatic carbocycles. The lowest BCUT2D eigenvalue weighted by molar-refractivity contribution is -0.130. The molecule has 0 radical (unpaired) electrons. The Morgan fingerprint density at radius 1 is 1.24 bits per heavy atom. The van der Waals surface area contributed by atoms with Crippen LogP contribution in [-0.2, 0) is 4.79 Å². The third kappa shape index (κ3) is 4.15. The van der Waals surface area contributed by atoms with Gasteiger partial charge in [-0.3, -0.25) is 4.79 Å². The highest BCUT2D eigenvalue weighted by atomic mass is 32.2. The van der Waals surface area contributed by atoms with Crippen molar-refractivity contribution in [3.05, 3.63) is 74.1 Å². The molecular weight excluding hydrogens is 481 g/mol. The molecule has 4 aromatic rings. The number of fused-ring (bicyclic) bond motifs is 2. The predicted octanol–water partition coefficient (Wildman–Crippen LogP) is 6.91. The van der Waals surface area contributed by atoms with Crippen LogP contribution in [0.3, 0.4) is 0 Å². The van der Waals surface area contributed by atoms with E-state index in [4.69, 9.17) is 5.10 Å². The molecule has 1 fully saturated rings. The van der Waals surface area contributed by atoms with Crippen LogP contribution in [0.5, 0.6) is 0 Å². The smallest absolute Gasteiger partial charge is 0.253 e. The van der Waals surface area contributed by atoms with Crippen LogP contribution < -0.4 is 0 Å². The fourth-order valence-corrected chi connectivity index (χ4v) is 7.15. The number of aromatic nitrogens is 2. The number of H-pyrrole nitrogens is 1. The van der Waals surface area contributed by atoms with Gasteiger partial charge in [0.05, 0.1) is 28.5 Å². The maximum Gasteiger partial charge on any atom is 0.253 e. The molecule has 0 bridgehead atoms. The van der Waals surface area contributed by atoms with E-state index < -0.39 is 0 Å². The van der Waals surface area contributed by atoms with Gasteiger partial charge in [-0.05, 0) is 78.4 Å². The van der Waals surface area contributed by atoms with Crippen molar-refractivity contribution < 1.29 is 4.79 Å². The lowest BCUT2D eigenvalue weighted by Crippen LogP contribution is -2.32. The van der Waals surface area contributed by atoms with Crippen molar-refractivity contribution in [3.8, 4) is 0 Å². The van der Waals surface area contributed by atoms with Crippen molar-refractivity contribution in [3.63, 3.8) is 0 Å². The summed E-state index contributed by atoms with van der Waals surface area (Å²) in [7, 11) is 0. The Hall–Kier alpha value is -2.68. The molecule has 1 amide bonds. The van der Waals surface area contributed by atoms with Crippen LogP contribution in [0.25, 0.3) is 17.1 Å². The zero-order chi connectivity index (χ0) is 23.1. The van der Waals surface area contributed by atoms with E-state index in [-0.39, 0.29) is 17.9 Å². The number of hydrogen-bond donors (Lipinski definition) is 1. The van der Waals surface area contributed by atoms with E-state index in [0.717, 1.165) is 41.2 Å². The van der Waals surface area contributed by atoms with Crippen LogP contribution in [-0.4, -0.2) is 32.3 Å². The van der Waals surface area contributed by atoms with Gasteiger partial charge >= 0.3 is 0 Å². The number of nitrogens with one attached hydrogen (secondary N) is 1. The Kier molecular flexibility index (Phi) is 5.89. The zero-order valence-corrected chi connectivity index (χ0v) is 21.2. The van der Waals surface area contributed by atoms with Crippen LogP contribution in [0.1, 0.15) is 40.6 Å². The lowest BCUT2D eigenvalue weighted by atomic mass is 9.79. The average molecular weight is 505 g/mol. The maximum absolute atomic E-state index is 13.5. The molecular formula is C26H24N4OS3. The summed E-state index contributed by atoms with van der Waals surface area (Å²) in [5, 5.41) is 11.7. The number of nitrogens with zero attached hydrogens (tertiary/aromatic N) is 3. The number of thioether (sulfide) groups is 1. The summed E-state index contributed by atoms with van der Waals surface area (Å²) in [6.45, 7) is 2.06. The number of aromatic amines is 1. The van der Waals surface area contributed by atoms with E-state index in [0.29, 0.717) is 5.75 Å². The van der Waals surface area contributed by atoms with Crippen LogP contribution in [0, 0.1) is 12.8 Å². The number of rotatable bonds is 5. The van der Waals surface area contributed by atoms with E-state index in [1.807, 2.05) is 6.07 Å². The molecule has 1 N–H and O–H groups in total. The van der Waals surface area contributed by atoms with E-state index >= 15 is 0 Å². The number of hydrogen-bond acceptors (Lipinski definition) is 6. The number of amides is 1. The molecule has 2 atom stereocenters. The summed E-state index contributed by atoms with van der Waals surface area (Å²) >= 11 is 4.90. The summed E-state index contributed by atoms with van der Waals surface area (Å²) in [4.78, 5) is 23.9. The first-order valence-corrected chi connectivity index (χ1v) is 14.2. The number of carbonyl (C=O) groups is 1. The Labute approximate surface area is 210 Å². The Morgan fingerprint density at radius 3 is 2.94 bits per heavy atom. The number of hydrazone groups is 1. The second kappa shape index (κ2) is 9.17. The summed E-state index contributed by atoms with van der Waals surface area (Å²) < 4.78 is 0. The van der Waals surface area contributed by atoms with Gasteiger partial charge in [0.1, 0.15) is 0 Å². The van der Waals surface area contributed by atoms with Gasteiger partial charge in [0.2, 0.25) is 0 Å². The van der Waals surface area contributed by atoms with Gasteiger partial charge < -0.3 is 4.98 Å². The molecule has 0 saturated heterocycles. The Morgan fingerprint density at radius 2 is 2.12 bits per heavy atom. The monoisotopic (exact) mass is 504 g/mol. The second-order valence-corrected chi connectivity index (χ2v) is 11.6. The van der Waals surface area contributed by atoms with Gasteiger partial charge in [0.25, 0.3) is 5.91 Å².